The van der Waals surface area contributed by atoms with Crippen molar-refractivity contribution in [3.8, 4) is 0 Å². The molecule has 0 unspecified atom stereocenters. The van der Waals surface area contributed by atoms with Gasteiger partial charge in [-0.1, -0.05) is 22.0 Å². The van der Waals surface area contributed by atoms with Crippen molar-refractivity contribution in [1.82, 2.24) is 0 Å². The maximum atomic E-state index is 11.4. The van der Waals surface area contributed by atoms with Crippen molar-refractivity contribution < 1.29 is 24.6 Å². The van der Waals surface area contributed by atoms with E-state index in [2.05, 4.69) is 15.9 Å². The molecule has 0 spiro atoms. The summed E-state index contributed by atoms with van der Waals surface area (Å²) in [6, 6.07) is 3.93. The van der Waals surface area contributed by atoms with E-state index >= 15 is 0 Å². The molecule has 0 fully saturated rings. The number of hydrogen-bond acceptors (Lipinski definition) is 3. The molecule has 0 aliphatic rings. The molecule has 0 aliphatic heterocycles. The minimum absolute atomic E-state index is 0.0986. The Bertz CT molecular complexity index is 481. The van der Waals surface area contributed by atoms with Crippen LogP contribution in [-0.2, 0) is 11.2 Å². The molecule has 5 nitrogen and oxygen atoms in total. The third-order valence-corrected chi connectivity index (χ3v) is 2.63. The van der Waals surface area contributed by atoms with Crippen LogP contribution in [0.1, 0.15) is 26.3 Å². The van der Waals surface area contributed by atoms with Gasteiger partial charge >= 0.3 is 11.9 Å². The molecule has 0 saturated carbocycles. The van der Waals surface area contributed by atoms with Crippen LogP contribution < -0.4 is 0 Å². The summed E-state index contributed by atoms with van der Waals surface area (Å²) in [5.41, 5.74) is 0.318. The Hall–Kier alpha value is -1.69. The Labute approximate surface area is 105 Å². The van der Waals surface area contributed by atoms with Crippen LogP contribution >= 0.6 is 15.9 Å². The molecule has 0 aliphatic carbocycles. The number of carboxylic acids is 2. The molecule has 0 amide bonds. The second-order valence-corrected chi connectivity index (χ2v) is 3.87. The average Bonchev–Trinajstić information content (AvgIpc) is 2.26. The van der Waals surface area contributed by atoms with Crippen molar-refractivity contribution in [2.45, 2.75) is 6.42 Å². The van der Waals surface area contributed by atoms with Gasteiger partial charge in [-0.05, 0) is 17.7 Å². The molecule has 0 heterocycles. The zero-order chi connectivity index (χ0) is 13.0. The predicted molar refractivity (Wildman–Crippen MR) is 62.9 cm³/mol. The van der Waals surface area contributed by atoms with Crippen molar-refractivity contribution in [2.24, 2.45) is 0 Å². The molecular weight excluding hydrogens is 292 g/mol. The van der Waals surface area contributed by atoms with Gasteiger partial charge in [0, 0.05) is 5.56 Å². The highest BCUT2D eigenvalue weighted by Gasteiger charge is 2.15. The molecule has 0 radical (unpaired) electrons. The molecule has 0 saturated heterocycles. The first-order valence-electron chi connectivity index (χ1n) is 4.63. The van der Waals surface area contributed by atoms with E-state index in [1.54, 1.807) is 0 Å². The lowest BCUT2D eigenvalue weighted by molar-refractivity contribution is -0.136. The van der Waals surface area contributed by atoms with E-state index in [1.807, 2.05) is 0 Å². The first-order valence-corrected chi connectivity index (χ1v) is 5.75. The second-order valence-electron chi connectivity index (χ2n) is 3.30. The molecule has 0 aromatic heterocycles. The second kappa shape index (κ2) is 5.58. The van der Waals surface area contributed by atoms with Gasteiger partial charge < -0.3 is 10.2 Å². The predicted octanol–water partition coefficient (Wildman–Crippen LogP) is 1.59. The lowest BCUT2D eigenvalue weighted by Crippen LogP contribution is -2.10. The van der Waals surface area contributed by atoms with E-state index in [0.29, 0.717) is 5.56 Å². The van der Waals surface area contributed by atoms with Crippen LogP contribution in [0.15, 0.2) is 18.2 Å². The monoisotopic (exact) mass is 300 g/mol. The van der Waals surface area contributed by atoms with E-state index < -0.39 is 18.4 Å². The lowest BCUT2D eigenvalue weighted by Gasteiger charge is -2.05. The molecule has 6 heteroatoms. The fourth-order valence-corrected chi connectivity index (χ4v) is 1.69. The van der Waals surface area contributed by atoms with Crippen LogP contribution in [0.4, 0.5) is 0 Å². The van der Waals surface area contributed by atoms with Gasteiger partial charge in [0.25, 0.3) is 0 Å². The van der Waals surface area contributed by atoms with Crippen molar-refractivity contribution in [3.63, 3.8) is 0 Å². The summed E-state index contributed by atoms with van der Waals surface area (Å²) in [5, 5.41) is 17.7. The summed E-state index contributed by atoms with van der Waals surface area (Å²) >= 11 is 2.99. The number of halogens is 1. The molecule has 17 heavy (non-hydrogen) atoms. The van der Waals surface area contributed by atoms with Gasteiger partial charge in [0.15, 0.2) is 5.78 Å². The number of rotatable bonds is 5. The van der Waals surface area contributed by atoms with Crippen LogP contribution in [0, 0.1) is 0 Å². The normalized spacial score (nSPS) is 9.94. The fourth-order valence-electron chi connectivity index (χ4n) is 1.36. The zero-order valence-electron chi connectivity index (χ0n) is 8.64. The Morgan fingerprint density at radius 1 is 1.18 bits per heavy atom. The summed E-state index contributed by atoms with van der Waals surface area (Å²) in [6.07, 6.45) is -0.426. The number of carbonyl (C=O) groups excluding carboxylic acids is 1. The quantitative estimate of drug-likeness (QED) is 0.636. The van der Waals surface area contributed by atoms with Gasteiger partial charge in [-0.3, -0.25) is 9.59 Å². The van der Waals surface area contributed by atoms with Crippen molar-refractivity contribution in [2.75, 3.05) is 5.33 Å². The van der Waals surface area contributed by atoms with E-state index in [0.717, 1.165) is 0 Å². The van der Waals surface area contributed by atoms with E-state index in [-0.39, 0.29) is 22.2 Å². The van der Waals surface area contributed by atoms with Gasteiger partial charge in [0.1, 0.15) is 0 Å². The lowest BCUT2D eigenvalue weighted by atomic mass is 10.00. The summed E-state index contributed by atoms with van der Waals surface area (Å²) in [6.45, 7) is 0. The number of carboxylic acid groups (broad SMARTS) is 2. The van der Waals surface area contributed by atoms with Crippen molar-refractivity contribution in [3.05, 3.63) is 34.9 Å². The van der Waals surface area contributed by atoms with Gasteiger partial charge in [-0.15, -0.1) is 0 Å². The summed E-state index contributed by atoms with van der Waals surface area (Å²) in [7, 11) is 0. The molecule has 1 aromatic carbocycles. The molecule has 1 aromatic rings. The molecule has 90 valence electrons. The Kier molecular flexibility index (Phi) is 4.39. The number of benzene rings is 1. The van der Waals surface area contributed by atoms with Crippen molar-refractivity contribution in [1.29, 1.82) is 0 Å². The highest BCUT2D eigenvalue weighted by atomic mass is 79.9. The summed E-state index contributed by atoms with van der Waals surface area (Å²) in [4.78, 5) is 32.9. The fraction of sp³-hybridized carbons (Fsp3) is 0.182. The van der Waals surface area contributed by atoms with Crippen LogP contribution in [-0.4, -0.2) is 33.3 Å². The minimum Gasteiger partial charge on any atom is -0.481 e. The number of carbonyl (C=O) groups is 3. The van der Waals surface area contributed by atoms with Gasteiger partial charge in [-0.2, -0.15) is 0 Å². The largest absolute Gasteiger partial charge is 0.481 e. The number of hydrogen-bond donors (Lipinski definition) is 2. The Morgan fingerprint density at radius 3 is 2.29 bits per heavy atom. The van der Waals surface area contributed by atoms with Crippen molar-refractivity contribution >= 4 is 33.7 Å². The van der Waals surface area contributed by atoms with Crippen LogP contribution in [0.25, 0.3) is 0 Å². The number of ketones is 1. The first kappa shape index (κ1) is 13.4. The number of Topliss-reactive ketones (excluding diaryl/α,β-unsaturated/α-hetero) is 1. The number of alkyl halides is 1. The number of aromatic carboxylic acids is 1. The Balaban J connectivity index is 3.23. The molecule has 0 bridgehead atoms. The van der Waals surface area contributed by atoms with Crippen LogP contribution in [0.5, 0.6) is 0 Å². The Morgan fingerprint density at radius 2 is 1.82 bits per heavy atom. The summed E-state index contributed by atoms with van der Waals surface area (Å²) < 4.78 is 0. The third-order valence-electron chi connectivity index (χ3n) is 2.12. The molecular formula is C11H9BrO5. The van der Waals surface area contributed by atoms with E-state index in [4.69, 9.17) is 10.2 Å². The van der Waals surface area contributed by atoms with Crippen LogP contribution in [0.2, 0.25) is 0 Å². The SMILES string of the molecule is O=C(O)Cc1cc(C(=O)CBr)ccc1C(=O)O. The average molecular weight is 301 g/mol. The molecule has 2 N–H and O–H groups in total. The standard InChI is InChI=1S/C11H9BrO5/c12-5-9(13)6-1-2-8(11(16)17)7(3-6)4-10(14)15/h1-3H,4-5H2,(H,14,15)(H,16,17). The first-order chi connectivity index (χ1) is 7.95. The molecule has 1 rings (SSSR count). The smallest absolute Gasteiger partial charge is 0.335 e. The highest BCUT2D eigenvalue weighted by Crippen LogP contribution is 2.14. The topological polar surface area (TPSA) is 91.7 Å². The third kappa shape index (κ3) is 3.39. The van der Waals surface area contributed by atoms with Crippen LogP contribution in [0.3, 0.4) is 0 Å². The maximum absolute atomic E-state index is 11.4. The number of aliphatic carboxylic acids is 1. The van der Waals surface area contributed by atoms with Gasteiger partial charge in [0.2, 0.25) is 0 Å². The zero-order valence-corrected chi connectivity index (χ0v) is 10.2. The minimum atomic E-state index is -1.21. The van der Waals surface area contributed by atoms with E-state index in [9.17, 15) is 14.4 Å². The summed E-state index contributed by atoms with van der Waals surface area (Å²) in [5.74, 6) is -2.58. The maximum Gasteiger partial charge on any atom is 0.335 e. The highest BCUT2D eigenvalue weighted by molar-refractivity contribution is 9.09. The van der Waals surface area contributed by atoms with Gasteiger partial charge in [-0.25, -0.2) is 4.79 Å². The van der Waals surface area contributed by atoms with E-state index in [1.165, 1.54) is 18.2 Å². The molecule has 0 atom stereocenters. The van der Waals surface area contributed by atoms with Gasteiger partial charge in [0.05, 0.1) is 17.3 Å².